The van der Waals surface area contributed by atoms with Gasteiger partial charge in [-0.3, -0.25) is 9.59 Å². The molecule has 0 bridgehead atoms. The topological polar surface area (TPSA) is 176 Å². The summed E-state index contributed by atoms with van der Waals surface area (Å²) in [5, 5.41) is 25.3. The first-order chi connectivity index (χ1) is 13.0. The van der Waals surface area contributed by atoms with Crippen LogP contribution < -0.4 is 11.1 Å². The lowest BCUT2D eigenvalue weighted by Gasteiger charge is -2.43. The monoisotopic (exact) mass is 412 g/mol. The summed E-state index contributed by atoms with van der Waals surface area (Å²) in [4.78, 5) is 45.8. The number of amides is 2. The van der Waals surface area contributed by atoms with E-state index in [1.54, 1.807) is 38.1 Å². The number of β-lactam (4-membered cyclic amide) rings is 1. The molecule has 2 amide bonds. The minimum absolute atomic E-state index is 0.375. The van der Waals surface area contributed by atoms with Gasteiger partial charge in [-0.05, 0) is 19.4 Å². The third-order valence-electron chi connectivity index (χ3n) is 4.41. The number of thioether (sulfide) groups is 1. The Labute approximate surface area is 164 Å². The first kappa shape index (κ1) is 21.4. The van der Waals surface area contributed by atoms with Crippen molar-refractivity contribution in [2.45, 2.75) is 42.1 Å². The molecule has 11 nitrogen and oxygen atoms in total. The second-order valence-corrected chi connectivity index (χ2v) is 8.48. The largest absolute Gasteiger partial charge is 0.480 e. The maximum Gasteiger partial charge on any atom is 0.327 e. The third kappa shape index (κ3) is 4.17. The number of fused-ring (bicyclic) bond motifs is 1. The van der Waals surface area contributed by atoms with Gasteiger partial charge in [0.1, 0.15) is 23.5 Å². The molecule has 2 heterocycles. The van der Waals surface area contributed by atoms with Crippen LogP contribution in [0.5, 0.6) is 0 Å². The van der Waals surface area contributed by atoms with Crippen LogP contribution in [0, 0.1) is 10.1 Å². The van der Waals surface area contributed by atoms with Gasteiger partial charge in [-0.25, -0.2) is 4.79 Å². The minimum Gasteiger partial charge on any atom is -0.480 e. The molecule has 0 aromatic heterocycles. The molecule has 2 fully saturated rings. The van der Waals surface area contributed by atoms with Crippen molar-refractivity contribution in [2.24, 2.45) is 5.73 Å². The van der Waals surface area contributed by atoms with E-state index in [4.69, 9.17) is 21.1 Å². The lowest BCUT2D eigenvalue weighted by molar-refractivity contribution is -0.742. The molecule has 0 spiro atoms. The summed E-state index contributed by atoms with van der Waals surface area (Å²) < 4.78 is -0.618. The molecule has 3 rings (SSSR count). The van der Waals surface area contributed by atoms with Crippen molar-refractivity contribution in [3.05, 3.63) is 46.0 Å². The summed E-state index contributed by atoms with van der Waals surface area (Å²) in [5.41, 5.74) is 6.59. The fourth-order valence-electron chi connectivity index (χ4n) is 3.20. The molecule has 0 radical (unpaired) electrons. The van der Waals surface area contributed by atoms with E-state index in [2.05, 4.69) is 5.32 Å². The predicted molar refractivity (Wildman–Crippen MR) is 97.8 cm³/mol. The summed E-state index contributed by atoms with van der Waals surface area (Å²) in [7, 11) is 0. The second-order valence-electron chi connectivity index (χ2n) is 6.71. The smallest absolute Gasteiger partial charge is 0.327 e. The lowest BCUT2D eigenvalue weighted by atomic mass is 9.95. The molecule has 2 saturated heterocycles. The van der Waals surface area contributed by atoms with Crippen molar-refractivity contribution in [1.82, 2.24) is 10.2 Å². The molecule has 4 atom stereocenters. The van der Waals surface area contributed by atoms with Gasteiger partial charge < -0.3 is 26.3 Å². The van der Waals surface area contributed by atoms with Crippen LogP contribution in [-0.2, 0) is 14.4 Å². The summed E-state index contributed by atoms with van der Waals surface area (Å²) in [6.45, 7) is 3.58. The maximum absolute atomic E-state index is 12.3. The van der Waals surface area contributed by atoms with Gasteiger partial charge in [-0.1, -0.05) is 30.3 Å². The van der Waals surface area contributed by atoms with Gasteiger partial charge in [0.2, 0.25) is 11.8 Å². The summed E-state index contributed by atoms with van der Waals surface area (Å²) in [6.07, 6.45) is 0. The van der Waals surface area contributed by atoms with E-state index in [0.717, 1.165) is 0 Å². The van der Waals surface area contributed by atoms with E-state index in [1.165, 1.54) is 16.7 Å². The number of hydrogen-bond donors (Lipinski definition) is 4. The van der Waals surface area contributed by atoms with Gasteiger partial charge in [-0.2, -0.15) is 0 Å². The van der Waals surface area contributed by atoms with E-state index in [-0.39, 0.29) is 11.3 Å². The number of carbonyl (C=O) groups excluding carboxylic acids is 2. The van der Waals surface area contributed by atoms with Gasteiger partial charge in [0.05, 0.1) is 0 Å². The van der Waals surface area contributed by atoms with Crippen LogP contribution in [0.3, 0.4) is 0 Å². The minimum atomic E-state index is -1.50. The van der Waals surface area contributed by atoms with Gasteiger partial charge in [-0.15, -0.1) is 21.9 Å². The molecule has 152 valence electrons. The lowest BCUT2D eigenvalue weighted by Crippen LogP contribution is -2.71. The number of nitrogens with one attached hydrogen (secondary N) is 1. The molecule has 2 aliphatic heterocycles. The molecule has 1 aromatic rings. The van der Waals surface area contributed by atoms with Gasteiger partial charge >= 0.3 is 5.97 Å². The van der Waals surface area contributed by atoms with E-state index in [1.807, 2.05) is 6.07 Å². The van der Waals surface area contributed by atoms with E-state index >= 15 is 0 Å². The molecule has 2 aliphatic rings. The Morgan fingerprint density at radius 2 is 1.89 bits per heavy atom. The first-order valence-electron chi connectivity index (χ1n) is 8.14. The second kappa shape index (κ2) is 8.02. The van der Waals surface area contributed by atoms with Crippen LogP contribution in [0.15, 0.2) is 30.3 Å². The Bertz CT molecular complexity index is 784. The standard InChI is InChI=1S/C16H19N3O4S.HNO3/c1-16(2)11(15(22)23)19-13(21)10(14(19)24-16)18-12(20)9(17)8-6-4-3-5-7-8;2-1(3)4/h3-7,9-11,14H,17H2,1-2H3,(H,18,20)(H,22,23);(H,2,3,4)/t9-,10-,11+,14-;/m1./s1. The zero-order valence-corrected chi connectivity index (χ0v) is 15.8. The van der Waals surface area contributed by atoms with E-state index < -0.39 is 39.8 Å². The van der Waals surface area contributed by atoms with Crippen LogP contribution in [0.1, 0.15) is 25.5 Å². The highest BCUT2D eigenvalue weighted by atomic mass is 32.2. The normalized spacial score (nSPS) is 25.5. The third-order valence-corrected chi connectivity index (χ3v) is 5.99. The average molecular weight is 412 g/mol. The number of nitrogens with zero attached hydrogens (tertiary/aromatic N) is 2. The maximum atomic E-state index is 12.3. The predicted octanol–water partition coefficient (Wildman–Crippen LogP) is -0.0296. The van der Waals surface area contributed by atoms with Crippen molar-refractivity contribution in [2.75, 3.05) is 0 Å². The van der Waals surface area contributed by atoms with Gasteiger partial charge in [0, 0.05) is 4.75 Å². The molecule has 1 aromatic carbocycles. The molecular formula is C16H20N4O7S. The van der Waals surface area contributed by atoms with Crippen LogP contribution in [0.25, 0.3) is 0 Å². The highest BCUT2D eigenvalue weighted by Crippen LogP contribution is 2.50. The van der Waals surface area contributed by atoms with Crippen molar-refractivity contribution >= 4 is 29.5 Å². The summed E-state index contributed by atoms with van der Waals surface area (Å²) >= 11 is 1.38. The van der Waals surface area contributed by atoms with Crippen LogP contribution in [-0.4, -0.2) is 60.3 Å². The number of rotatable bonds is 4. The molecule has 0 unspecified atom stereocenters. The molecule has 28 heavy (non-hydrogen) atoms. The number of benzene rings is 1. The van der Waals surface area contributed by atoms with E-state index in [0.29, 0.717) is 5.56 Å². The number of aliphatic carboxylic acids is 1. The molecule has 0 aliphatic carbocycles. The summed E-state index contributed by atoms with van der Waals surface area (Å²) in [5.74, 6) is -1.86. The van der Waals surface area contributed by atoms with Crippen molar-refractivity contribution < 1.29 is 29.8 Å². The van der Waals surface area contributed by atoms with Gasteiger partial charge in [0.15, 0.2) is 0 Å². The average Bonchev–Trinajstić information content (AvgIpc) is 2.87. The van der Waals surface area contributed by atoms with E-state index in [9.17, 15) is 19.5 Å². The highest BCUT2D eigenvalue weighted by molar-refractivity contribution is 8.01. The summed E-state index contributed by atoms with van der Waals surface area (Å²) in [6, 6.07) is 6.38. The molecule has 5 N–H and O–H groups in total. The molecule has 12 heteroatoms. The Hall–Kier alpha value is -2.86. The first-order valence-corrected chi connectivity index (χ1v) is 9.02. The Morgan fingerprint density at radius 3 is 2.39 bits per heavy atom. The number of carboxylic acid groups (broad SMARTS) is 1. The SMILES string of the molecule is CC1(C)S[C@@H]2[C@H](NC(=O)[C@H](N)c3ccccc3)C(=O)N2[C@H]1C(=O)O.O=[N+]([O-])O. The Kier molecular flexibility index (Phi) is 6.14. The number of carboxylic acids is 1. The quantitative estimate of drug-likeness (QED) is 0.300. The fourth-order valence-corrected chi connectivity index (χ4v) is 4.83. The zero-order valence-electron chi connectivity index (χ0n) is 15.0. The Morgan fingerprint density at radius 1 is 1.36 bits per heavy atom. The van der Waals surface area contributed by atoms with Crippen LogP contribution in [0.4, 0.5) is 0 Å². The molecular weight excluding hydrogens is 392 g/mol. The van der Waals surface area contributed by atoms with Crippen LogP contribution >= 0.6 is 11.8 Å². The fraction of sp³-hybridized carbons (Fsp3) is 0.438. The van der Waals surface area contributed by atoms with Gasteiger partial charge in [0.25, 0.3) is 5.09 Å². The number of nitrogens with two attached hydrogens (primary N) is 1. The van der Waals surface area contributed by atoms with Crippen molar-refractivity contribution in [3.8, 4) is 0 Å². The van der Waals surface area contributed by atoms with Crippen molar-refractivity contribution in [3.63, 3.8) is 0 Å². The zero-order chi connectivity index (χ0) is 21.2. The Balaban J connectivity index is 0.000000640. The van der Waals surface area contributed by atoms with Crippen molar-refractivity contribution in [1.29, 1.82) is 0 Å². The molecule has 0 saturated carbocycles. The number of hydrogen-bond acceptors (Lipinski definition) is 7. The number of carbonyl (C=O) groups is 3. The highest BCUT2D eigenvalue weighted by Gasteiger charge is 2.64. The van der Waals surface area contributed by atoms with Crippen LogP contribution in [0.2, 0.25) is 0 Å².